The monoisotopic (exact) mass is 168 g/mol. The van der Waals surface area contributed by atoms with Crippen molar-refractivity contribution in [2.75, 3.05) is 7.11 Å². The third-order valence-electron chi connectivity index (χ3n) is 1.59. The van der Waals surface area contributed by atoms with Crippen molar-refractivity contribution < 1.29 is 9.84 Å². The molecule has 0 saturated carbocycles. The lowest BCUT2D eigenvalue weighted by molar-refractivity contribution is -0.0769. The highest BCUT2D eigenvalue weighted by molar-refractivity contribution is 5.21. The molecule has 0 aliphatic rings. The number of methoxy groups -OCH3 is 1. The van der Waals surface area contributed by atoms with E-state index in [1.165, 1.54) is 12.7 Å². The number of aryl methyl sites for hydroxylation is 1. The third-order valence-corrected chi connectivity index (χ3v) is 1.59. The Kier molecular flexibility index (Phi) is 4.55. The van der Waals surface area contributed by atoms with Gasteiger partial charge in [0.15, 0.2) is 6.29 Å². The fourth-order valence-electron chi connectivity index (χ4n) is 0.867. The molecule has 0 spiro atoms. The minimum absolute atomic E-state index is 0. The van der Waals surface area contributed by atoms with Gasteiger partial charge in [-0.2, -0.15) is 0 Å². The van der Waals surface area contributed by atoms with E-state index in [2.05, 4.69) is 0 Å². The maximum absolute atomic E-state index is 9.20. The van der Waals surface area contributed by atoms with Crippen LogP contribution in [0.1, 0.15) is 24.8 Å². The van der Waals surface area contributed by atoms with E-state index in [1.54, 1.807) is 0 Å². The van der Waals surface area contributed by atoms with Gasteiger partial charge in [-0.25, -0.2) is 0 Å². The molecular formula is C10H16O2. The Labute approximate surface area is 73.8 Å². The van der Waals surface area contributed by atoms with Gasteiger partial charge in [0.2, 0.25) is 0 Å². The fraction of sp³-hybridized carbons (Fsp3) is 0.400. The number of aliphatic hydroxyl groups is 1. The molecule has 1 aromatic carbocycles. The zero-order chi connectivity index (χ0) is 8.27. The molecule has 0 aliphatic heterocycles. The molecule has 1 aromatic rings. The van der Waals surface area contributed by atoms with Gasteiger partial charge in [0.25, 0.3) is 0 Å². The molecule has 12 heavy (non-hydrogen) atoms. The Morgan fingerprint density at radius 1 is 1.25 bits per heavy atom. The van der Waals surface area contributed by atoms with Crippen LogP contribution in [0.4, 0.5) is 0 Å². The molecule has 0 heterocycles. The lowest BCUT2D eigenvalue weighted by atomic mass is 10.1. The standard InChI is InChI=1S/C9H12O2.CH4/c1-7-3-5-8(6-4-7)9(10)11-2;/h3-6,9-10H,1-2H3;1H4. The summed E-state index contributed by atoms with van der Waals surface area (Å²) < 4.78 is 4.73. The van der Waals surface area contributed by atoms with Crippen LogP contribution in [0, 0.1) is 6.92 Å². The predicted molar refractivity (Wildman–Crippen MR) is 49.9 cm³/mol. The van der Waals surface area contributed by atoms with Gasteiger partial charge in [0.05, 0.1) is 0 Å². The van der Waals surface area contributed by atoms with Gasteiger partial charge in [-0.05, 0) is 6.92 Å². The first kappa shape index (κ1) is 11.1. The normalized spacial score (nSPS) is 11.9. The summed E-state index contributed by atoms with van der Waals surface area (Å²) in [7, 11) is 1.48. The summed E-state index contributed by atoms with van der Waals surface area (Å²) in [5.74, 6) is 0. The van der Waals surface area contributed by atoms with Crippen LogP contribution in [0.2, 0.25) is 0 Å². The summed E-state index contributed by atoms with van der Waals surface area (Å²) in [4.78, 5) is 0. The summed E-state index contributed by atoms with van der Waals surface area (Å²) in [6.07, 6.45) is -0.796. The summed E-state index contributed by atoms with van der Waals surface area (Å²) in [5, 5.41) is 9.20. The number of hydrogen-bond donors (Lipinski definition) is 1. The fourth-order valence-corrected chi connectivity index (χ4v) is 0.867. The third kappa shape index (κ3) is 2.64. The molecule has 0 radical (unpaired) electrons. The highest BCUT2D eigenvalue weighted by atomic mass is 16.6. The first-order valence-corrected chi connectivity index (χ1v) is 3.51. The van der Waals surface area contributed by atoms with Crippen molar-refractivity contribution >= 4 is 0 Å². The Hall–Kier alpha value is -0.860. The molecule has 1 rings (SSSR count). The zero-order valence-electron chi connectivity index (χ0n) is 6.74. The molecule has 68 valence electrons. The number of benzene rings is 1. The van der Waals surface area contributed by atoms with E-state index in [9.17, 15) is 5.11 Å². The first-order chi connectivity index (χ1) is 5.24. The van der Waals surface area contributed by atoms with E-state index in [0.717, 1.165) is 5.56 Å². The van der Waals surface area contributed by atoms with Crippen molar-refractivity contribution in [3.8, 4) is 0 Å². The smallest absolute Gasteiger partial charge is 0.180 e. The average molecular weight is 168 g/mol. The predicted octanol–water partition coefficient (Wildman–Crippen LogP) is 2.27. The second-order valence-corrected chi connectivity index (χ2v) is 2.50. The van der Waals surface area contributed by atoms with Gasteiger partial charge in [-0.15, -0.1) is 0 Å². The van der Waals surface area contributed by atoms with E-state index in [1.807, 2.05) is 31.2 Å². The largest absolute Gasteiger partial charge is 0.364 e. The van der Waals surface area contributed by atoms with Crippen LogP contribution in [-0.4, -0.2) is 12.2 Å². The van der Waals surface area contributed by atoms with Gasteiger partial charge in [-0.1, -0.05) is 37.3 Å². The summed E-state index contributed by atoms with van der Waals surface area (Å²) >= 11 is 0. The zero-order valence-corrected chi connectivity index (χ0v) is 6.74. The lowest BCUT2D eigenvalue weighted by Crippen LogP contribution is -1.98. The van der Waals surface area contributed by atoms with Crippen LogP contribution >= 0.6 is 0 Å². The van der Waals surface area contributed by atoms with E-state index < -0.39 is 6.29 Å². The Balaban J connectivity index is 0.00000121. The number of hydrogen-bond acceptors (Lipinski definition) is 2. The quantitative estimate of drug-likeness (QED) is 0.686. The molecule has 0 aliphatic carbocycles. The Morgan fingerprint density at radius 2 is 1.75 bits per heavy atom. The van der Waals surface area contributed by atoms with Crippen molar-refractivity contribution in [3.63, 3.8) is 0 Å². The summed E-state index contributed by atoms with van der Waals surface area (Å²) in [6.45, 7) is 2.00. The highest BCUT2D eigenvalue weighted by Gasteiger charge is 2.02. The minimum Gasteiger partial charge on any atom is -0.364 e. The molecular weight excluding hydrogens is 152 g/mol. The van der Waals surface area contributed by atoms with E-state index in [0.29, 0.717) is 0 Å². The summed E-state index contributed by atoms with van der Waals surface area (Å²) in [5.41, 5.74) is 1.97. The van der Waals surface area contributed by atoms with Crippen molar-refractivity contribution in [3.05, 3.63) is 35.4 Å². The second kappa shape index (κ2) is 4.91. The maximum atomic E-state index is 9.20. The van der Waals surface area contributed by atoms with Crippen LogP contribution in [0.3, 0.4) is 0 Å². The van der Waals surface area contributed by atoms with Crippen LogP contribution in [-0.2, 0) is 4.74 Å². The molecule has 0 bridgehead atoms. The van der Waals surface area contributed by atoms with Crippen LogP contribution < -0.4 is 0 Å². The Bertz CT molecular complexity index is 216. The van der Waals surface area contributed by atoms with Gasteiger partial charge in [0.1, 0.15) is 0 Å². The molecule has 0 amide bonds. The van der Waals surface area contributed by atoms with E-state index in [-0.39, 0.29) is 7.43 Å². The molecule has 1 atom stereocenters. The van der Waals surface area contributed by atoms with Gasteiger partial charge in [-0.3, -0.25) is 0 Å². The average Bonchev–Trinajstić information content (AvgIpc) is 2.05. The van der Waals surface area contributed by atoms with E-state index >= 15 is 0 Å². The maximum Gasteiger partial charge on any atom is 0.180 e. The number of aliphatic hydroxyl groups excluding tert-OH is 1. The van der Waals surface area contributed by atoms with Crippen LogP contribution in [0.15, 0.2) is 24.3 Å². The van der Waals surface area contributed by atoms with Crippen molar-refractivity contribution in [1.82, 2.24) is 0 Å². The number of rotatable bonds is 2. The first-order valence-electron chi connectivity index (χ1n) is 3.51. The van der Waals surface area contributed by atoms with Crippen molar-refractivity contribution in [2.45, 2.75) is 20.6 Å². The van der Waals surface area contributed by atoms with Crippen molar-refractivity contribution in [1.29, 1.82) is 0 Å². The van der Waals surface area contributed by atoms with Crippen molar-refractivity contribution in [2.24, 2.45) is 0 Å². The van der Waals surface area contributed by atoms with Gasteiger partial charge >= 0.3 is 0 Å². The number of ether oxygens (including phenoxy) is 1. The molecule has 2 nitrogen and oxygen atoms in total. The van der Waals surface area contributed by atoms with Gasteiger partial charge in [0, 0.05) is 12.7 Å². The molecule has 0 saturated heterocycles. The lowest BCUT2D eigenvalue weighted by Gasteiger charge is -2.07. The topological polar surface area (TPSA) is 29.5 Å². The van der Waals surface area contributed by atoms with Crippen LogP contribution in [0.5, 0.6) is 0 Å². The molecule has 2 heteroatoms. The van der Waals surface area contributed by atoms with E-state index in [4.69, 9.17) is 4.74 Å². The Morgan fingerprint density at radius 3 is 2.17 bits per heavy atom. The van der Waals surface area contributed by atoms with Gasteiger partial charge < -0.3 is 9.84 Å². The second-order valence-electron chi connectivity index (χ2n) is 2.50. The minimum atomic E-state index is -0.796. The molecule has 1 N–H and O–H groups in total. The van der Waals surface area contributed by atoms with Crippen LogP contribution in [0.25, 0.3) is 0 Å². The molecule has 0 aromatic heterocycles. The molecule has 0 fully saturated rings. The summed E-state index contributed by atoms with van der Waals surface area (Å²) in [6, 6.07) is 7.59. The molecule has 1 unspecified atom stereocenters. The highest BCUT2D eigenvalue weighted by Crippen LogP contribution is 2.13. The SMILES string of the molecule is C.COC(O)c1ccc(C)cc1.